The normalized spacial score (nSPS) is 20.2. The molecule has 29 heavy (non-hydrogen) atoms. The maximum absolute atomic E-state index is 12.9. The van der Waals surface area contributed by atoms with Gasteiger partial charge in [-0.2, -0.15) is 13.2 Å². The molecule has 2 aliphatic rings. The summed E-state index contributed by atoms with van der Waals surface area (Å²) >= 11 is 0. The van der Waals surface area contributed by atoms with Crippen molar-refractivity contribution >= 4 is 11.8 Å². The van der Waals surface area contributed by atoms with Crippen LogP contribution in [0.1, 0.15) is 32.3 Å². The zero-order chi connectivity index (χ0) is 20.9. The number of alkyl halides is 3. The third kappa shape index (κ3) is 5.74. The van der Waals surface area contributed by atoms with Gasteiger partial charge in [-0.05, 0) is 38.3 Å². The third-order valence-electron chi connectivity index (χ3n) is 5.62. The van der Waals surface area contributed by atoms with E-state index in [1.807, 2.05) is 24.1 Å². The van der Waals surface area contributed by atoms with E-state index in [1.165, 1.54) is 24.7 Å². The molecule has 0 spiro atoms. The second kappa shape index (κ2) is 9.65. The lowest BCUT2D eigenvalue weighted by Gasteiger charge is -2.39. The highest BCUT2D eigenvalue weighted by atomic mass is 19.4. The summed E-state index contributed by atoms with van der Waals surface area (Å²) in [5, 5.41) is 3.26. The van der Waals surface area contributed by atoms with Crippen molar-refractivity contribution in [2.24, 2.45) is 4.99 Å². The summed E-state index contributed by atoms with van der Waals surface area (Å²) in [5.74, 6) is 1.76. The van der Waals surface area contributed by atoms with Gasteiger partial charge in [-0.3, -0.25) is 4.90 Å². The molecule has 0 bridgehead atoms. The largest absolute Gasteiger partial charge is 0.403 e. The van der Waals surface area contributed by atoms with Gasteiger partial charge in [-0.1, -0.05) is 6.07 Å². The van der Waals surface area contributed by atoms with Crippen LogP contribution in [0.5, 0.6) is 0 Å². The quantitative estimate of drug-likeness (QED) is 0.595. The molecule has 2 fully saturated rings. The topological polar surface area (TPSA) is 47.0 Å². The van der Waals surface area contributed by atoms with Gasteiger partial charge in [0.2, 0.25) is 0 Å². The highest BCUT2D eigenvalue weighted by molar-refractivity contribution is 5.80. The van der Waals surface area contributed by atoms with Crippen molar-refractivity contribution in [1.29, 1.82) is 0 Å². The number of rotatable bonds is 5. The predicted molar refractivity (Wildman–Crippen MR) is 109 cm³/mol. The number of halogens is 3. The number of guanidine groups is 1. The highest BCUT2D eigenvalue weighted by Crippen LogP contribution is 2.25. The maximum atomic E-state index is 12.9. The van der Waals surface area contributed by atoms with Gasteiger partial charge in [-0.15, -0.1) is 0 Å². The van der Waals surface area contributed by atoms with Crippen LogP contribution in [0.25, 0.3) is 0 Å². The van der Waals surface area contributed by atoms with E-state index in [1.54, 1.807) is 0 Å². The Bertz CT molecular complexity index is 662. The molecule has 1 unspecified atom stereocenters. The van der Waals surface area contributed by atoms with Gasteiger partial charge in [0.15, 0.2) is 5.96 Å². The number of hydrogen-bond acceptors (Lipinski definition) is 4. The van der Waals surface area contributed by atoms with Gasteiger partial charge < -0.3 is 15.1 Å². The molecule has 6 nitrogen and oxygen atoms in total. The molecule has 3 heterocycles. The second-order valence-electron chi connectivity index (χ2n) is 7.63. The zero-order valence-electron chi connectivity index (χ0n) is 17.3. The average molecular weight is 413 g/mol. The number of aliphatic imine (C=N–C) groups is 1. The van der Waals surface area contributed by atoms with Crippen molar-refractivity contribution in [2.45, 2.75) is 45.5 Å². The third-order valence-corrected chi connectivity index (χ3v) is 5.62. The van der Waals surface area contributed by atoms with E-state index in [0.29, 0.717) is 39.3 Å². The predicted octanol–water partition coefficient (Wildman–Crippen LogP) is 2.72. The van der Waals surface area contributed by atoms with Crippen LogP contribution in [0, 0.1) is 0 Å². The van der Waals surface area contributed by atoms with E-state index in [9.17, 15) is 13.2 Å². The number of hydrogen-bond donors (Lipinski definition) is 1. The van der Waals surface area contributed by atoms with Crippen molar-refractivity contribution in [3.05, 3.63) is 23.9 Å². The Hall–Kier alpha value is -2.03. The van der Waals surface area contributed by atoms with Crippen LogP contribution in [-0.2, 0) is 6.54 Å². The standard InChI is InChI=1S/C20H31F3N6/c1-3-24-19(29-12-10-27(11-13-29)16(2)20(21,22)23)26-15-17-6-7-18(25-14-17)28-8-4-5-9-28/h6-7,14,16H,3-5,8-13,15H2,1-2H3,(H,24,26). The SMILES string of the molecule is CCNC(=NCc1ccc(N2CCCC2)nc1)N1CCN(C(C)C(F)(F)F)CC1. The maximum Gasteiger partial charge on any atom is 0.403 e. The molecule has 9 heteroatoms. The number of pyridine rings is 1. The number of aromatic nitrogens is 1. The Morgan fingerprint density at radius 3 is 2.38 bits per heavy atom. The lowest BCUT2D eigenvalue weighted by molar-refractivity contribution is -0.181. The average Bonchev–Trinajstić information content (AvgIpc) is 3.25. The molecule has 0 saturated carbocycles. The van der Waals surface area contributed by atoms with Crippen LogP contribution in [0.3, 0.4) is 0 Å². The summed E-state index contributed by atoms with van der Waals surface area (Å²) < 4.78 is 38.8. The number of nitrogens with one attached hydrogen (secondary N) is 1. The monoisotopic (exact) mass is 412 g/mol. The molecular formula is C20H31F3N6. The van der Waals surface area contributed by atoms with Gasteiger partial charge in [-0.25, -0.2) is 9.98 Å². The summed E-state index contributed by atoms with van der Waals surface area (Å²) in [6.45, 7) is 8.35. The lowest BCUT2D eigenvalue weighted by Crippen LogP contribution is -2.56. The van der Waals surface area contributed by atoms with Gasteiger partial charge in [0.1, 0.15) is 11.9 Å². The highest BCUT2D eigenvalue weighted by Gasteiger charge is 2.41. The molecular weight excluding hydrogens is 381 g/mol. The second-order valence-corrected chi connectivity index (χ2v) is 7.63. The van der Waals surface area contributed by atoms with Crippen LogP contribution in [0.4, 0.5) is 19.0 Å². The number of piperazine rings is 1. The summed E-state index contributed by atoms with van der Waals surface area (Å²) in [4.78, 5) is 15.1. The van der Waals surface area contributed by atoms with Crippen LogP contribution in [-0.4, -0.2) is 78.8 Å². The van der Waals surface area contributed by atoms with Crippen molar-refractivity contribution in [1.82, 2.24) is 20.1 Å². The minimum atomic E-state index is -4.19. The Labute approximate surface area is 170 Å². The fourth-order valence-electron chi connectivity index (χ4n) is 3.76. The molecule has 1 atom stereocenters. The molecule has 0 radical (unpaired) electrons. The van der Waals surface area contributed by atoms with E-state index in [2.05, 4.69) is 21.3 Å². The molecule has 1 N–H and O–H groups in total. The van der Waals surface area contributed by atoms with Gasteiger partial charge in [0.05, 0.1) is 6.54 Å². The smallest absolute Gasteiger partial charge is 0.357 e. The van der Waals surface area contributed by atoms with Gasteiger partial charge in [0, 0.05) is 52.0 Å². The van der Waals surface area contributed by atoms with Crippen molar-refractivity contribution in [2.75, 3.05) is 50.7 Å². The minimum Gasteiger partial charge on any atom is -0.357 e. The number of anilines is 1. The molecule has 2 aliphatic heterocycles. The first-order valence-electron chi connectivity index (χ1n) is 10.4. The molecule has 3 rings (SSSR count). The van der Waals surface area contributed by atoms with Crippen LogP contribution in [0.15, 0.2) is 23.3 Å². The first kappa shape index (κ1) is 21.7. The molecule has 0 amide bonds. The van der Waals surface area contributed by atoms with Crippen molar-refractivity contribution in [3.8, 4) is 0 Å². The van der Waals surface area contributed by atoms with E-state index < -0.39 is 12.2 Å². The van der Waals surface area contributed by atoms with E-state index >= 15 is 0 Å². The summed E-state index contributed by atoms with van der Waals surface area (Å²) in [7, 11) is 0. The molecule has 162 valence electrons. The first-order chi connectivity index (χ1) is 13.9. The molecule has 1 aromatic rings. The van der Waals surface area contributed by atoms with E-state index in [-0.39, 0.29) is 0 Å². The summed E-state index contributed by atoms with van der Waals surface area (Å²) in [6, 6.07) is 2.68. The molecule has 0 aromatic carbocycles. The fourth-order valence-corrected chi connectivity index (χ4v) is 3.76. The summed E-state index contributed by atoms with van der Waals surface area (Å²) in [5.41, 5.74) is 1.02. The minimum absolute atomic E-state index is 0.372. The molecule has 2 saturated heterocycles. The first-order valence-corrected chi connectivity index (χ1v) is 10.4. The Kier molecular flexibility index (Phi) is 7.21. The fraction of sp³-hybridized carbons (Fsp3) is 0.700. The van der Waals surface area contributed by atoms with Crippen molar-refractivity contribution < 1.29 is 13.2 Å². The summed E-state index contributed by atoms with van der Waals surface area (Å²) in [6.07, 6.45) is 0.113. The lowest BCUT2D eigenvalue weighted by atomic mass is 10.2. The van der Waals surface area contributed by atoms with Gasteiger partial charge in [0.25, 0.3) is 0 Å². The Balaban J connectivity index is 1.57. The Morgan fingerprint density at radius 2 is 1.83 bits per heavy atom. The van der Waals surface area contributed by atoms with Crippen LogP contribution < -0.4 is 10.2 Å². The Morgan fingerprint density at radius 1 is 1.14 bits per heavy atom. The molecule has 1 aromatic heterocycles. The van der Waals surface area contributed by atoms with Crippen molar-refractivity contribution in [3.63, 3.8) is 0 Å². The van der Waals surface area contributed by atoms with Gasteiger partial charge >= 0.3 is 6.18 Å². The number of nitrogens with zero attached hydrogens (tertiary/aromatic N) is 5. The zero-order valence-corrected chi connectivity index (χ0v) is 17.3. The van der Waals surface area contributed by atoms with E-state index in [0.717, 1.165) is 30.4 Å². The molecule has 0 aliphatic carbocycles. The van der Waals surface area contributed by atoms with E-state index in [4.69, 9.17) is 4.99 Å². The van der Waals surface area contributed by atoms with Crippen LogP contribution in [0.2, 0.25) is 0 Å². The van der Waals surface area contributed by atoms with Crippen LogP contribution >= 0.6 is 0 Å².